The number of methoxy groups -OCH3 is 1. The molecule has 0 bridgehead atoms. The third-order valence-corrected chi connectivity index (χ3v) is 3.62. The van der Waals surface area contributed by atoms with E-state index in [4.69, 9.17) is 4.74 Å². The molecule has 0 spiro atoms. The van der Waals surface area contributed by atoms with E-state index in [0.29, 0.717) is 6.42 Å². The van der Waals surface area contributed by atoms with Gasteiger partial charge in [-0.25, -0.2) is 0 Å². The van der Waals surface area contributed by atoms with Gasteiger partial charge in [-0.2, -0.15) is 0 Å². The van der Waals surface area contributed by atoms with Crippen molar-refractivity contribution in [3.05, 3.63) is 29.8 Å². The van der Waals surface area contributed by atoms with E-state index in [2.05, 4.69) is 23.6 Å². The number of nitrogens with one attached hydrogen (secondary N) is 2. The minimum atomic E-state index is 0.164. The third-order valence-electron chi connectivity index (χ3n) is 3.62. The maximum atomic E-state index is 11.2. The first-order valence-corrected chi connectivity index (χ1v) is 6.90. The molecule has 1 heterocycles. The zero-order chi connectivity index (χ0) is 13.7. The molecule has 0 aromatic heterocycles. The molecule has 1 aromatic rings. The minimum absolute atomic E-state index is 0.164. The summed E-state index contributed by atoms with van der Waals surface area (Å²) in [4.78, 5) is 11.2. The Kier molecular flexibility index (Phi) is 4.80. The fourth-order valence-electron chi connectivity index (χ4n) is 2.54. The van der Waals surface area contributed by atoms with Crippen molar-refractivity contribution in [3.63, 3.8) is 0 Å². The van der Waals surface area contributed by atoms with Crippen molar-refractivity contribution in [2.75, 3.05) is 13.7 Å². The van der Waals surface area contributed by atoms with Crippen LogP contribution in [0, 0.1) is 0 Å². The fourth-order valence-corrected chi connectivity index (χ4v) is 2.54. The molecular weight excluding hydrogens is 240 g/mol. The first-order chi connectivity index (χ1) is 9.24. The Bertz CT molecular complexity index is 434. The molecule has 19 heavy (non-hydrogen) atoms. The molecule has 2 atom stereocenters. The van der Waals surface area contributed by atoms with Gasteiger partial charge in [-0.15, -0.1) is 0 Å². The van der Waals surface area contributed by atoms with Gasteiger partial charge in [-0.1, -0.05) is 25.1 Å². The van der Waals surface area contributed by atoms with Crippen LogP contribution >= 0.6 is 0 Å². The molecule has 2 unspecified atom stereocenters. The largest absolute Gasteiger partial charge is 0.496 e. The van der Waals surface area contributed by atoms with Gasteiger partial charge >= 0.3 is 0 Å². The van der Waals surface area contributed by atoms with E-state index in [0.717, 1.165) is 25.1 Å². The van der Waals surface area contributed by atoms with Crippen LogP contribution in [-0.2, 0) is 4.79 Å². The highest BCUT2D eigenvalue weighted by molar-refractivity contribution is 5.78. The lowest BCUT2D eigenvalue weighted by molar-refractivity contribution is -0.119. The Labute approximate surface area is 114 Å². The number of benzene rings is 1. The molecule has 0 saturated carbocycles. The van der Waals surface area contributed by atoms with E-state index < -0.39 is 0 Å². The van der Waals surface area contributed by atoms with E-state index in [-0.39, 0.29) is 18.0 Å². The van der Waals surface area contributed by atoms with Crippen molar-refractivity contribution >= 4 is 5.91 Å². The second kappa shape index (κ2) is 6.57. The van der Waals surface area contributed by atoms with Crippen molar-refractivity contribution in [2.45, 2.75) is 38.3 Å². The molecule has 4 nitrogen and oxygen atoms in total. The number of carbonyl (C=O) groups excluding carboxylic acids is 1. The summed E-state index contributed by atoms with van der Waals surface area (Å²) in [5.41, 5.74) is 1.18. The van der Waals surface area contributed by atoms with E-state index in [1.807, 2.05) is 18.2 Å². The Morgan fingerprint density at radius 2 is 2.26 bits per heavy atom. The highest BCUT2D eigenvalue weighted by atomic mass is 16.5. The lowest BCUT2D eigenvalue weighted by Crippen LogP contribution is -2.37. The first kappa shape index (κ1) is 13.9. The summed E-state index contributed by atoms with van der Waals surface area (Å²) in [7, 11) is 1.70. The number of carbonyl (C=O) groups is 1. The Morgan fingerprint density at radius 3 is 2.89 bits per heavy atom. The number of ether oxygens (including phenoxy) is 1. The predicted molar refractivity (Wildman–Crippen MR) is 75.2 cm³/mol. The maximum Gasteiger partial charge on any atom is 0.220 e. The smallest absolute Gasteiger partial charge is 0.220 e. The van der Waals surface area contributed by atoms with Gasteiger partial charge in [0.15, 0.2) is 0 Å². The molecule has 1 fully saturated rings. The van der Waals surface area contributed by atoms with E-state index >= 15 is 0 Å². The number of rotatable bonds is 6. The van der Waals surface area contributed by atoms with Gasteiger partial charge in [-0.3, -0.25) is 4.79 Å². The minimum Gasteiger partial charge on any atom is -0.496 e. The van der Waals surface area contributed by atoms with Crippen LogP contribution in [0.25, 0.3) is 0 Å². The zero-order valence-electron chi connectivity index (χ0n) is 11.6. The van der Waals surface area contributed by atoms with Crippen LogP contribution in [0.5, 0.6) is 5.75 Å². The molecular formula is C15H22N2O2. The van der Waals surface area contributed by atoms with Crippen LogP contribution in [0.2, 0.25) is 0 Å². The summed E-state index contributed by atoms with van der Waals surface area (Å²) in [5, 5.41) is 6.51. The summed E-state index contributed by atoms with van der Waals surface area (Å²) in [6.07, 6.45) is 2.56. The average molecular weight is 262 g/mol. The van der Waals surface area contributed by atoms with Crippen LogP contribution in [0.3, 0.4) is 0 Å². The van der Waals surface area contributed by atoms with Crippen LogP contribution in [-0.4, -0.2) is 25.6 Å². The van der Waals surface area contributed by atoms with Gasteiger partial charge in [0.25, 0.3) is 0 Å². The SMILES string of the molecule is CCC(NCC1CCC(=O)N1)c1ccccc1OC. The normalized spacial score (nSPS) is 20.1. The third kappa shape index (κ3) is 3.47. The van der Waals surface area contributed by atoms with Crippen LogP contribution < -0.4 is 15.4 Å². The van der Waals surface area contributed by atoms with Crippen molar-refractivity contribution in [1.29, 1.82) is 0 Å². The van der Waals surface area contributed by atoms with Gasteiger partial charge < -0.3 is 15.4 Å². The second-order valence-corrected chi connectivity index (χ2v) is 4.91. The second-order valence-electron chi connectivity index (χ2n) is 4.91. The molecule has 1 aliphatic rings. The lowest BCUT2D eigenvalue weighted by atomic mass is 10.0. The first-order valence-electron chi connectivity index (χ1n) is 6.90. The Morgan fingerprint density at radius 1 is 1.47 bits per heavy atom. The number of amides is 1. The molecule has 4 heteroatoms. The maximum absolute atomic E-state index is 11.2. The molecule has 1 aliphatic heterocycles. The highest BCUT2D eigenvalue weighted by Crippen LogP contribution is 2.26. The molecule has 1 saturated heterocycles. The van der Waals surface area contributed by atoms with Crippen LogP contribution in [0.4, 0.5) is 0 Å². The van der Waals surface area contributed by atoms with Crippen LogP contribution in [0.15, 0.2) is 24.3 Å². The summed E-state index contributed by atoms with van der Waals surface area (Å²) in [6.45, 7) is 2.96. The van der Waals surface area contributed by atoms with Gasteiger partial charge in [0.05, 0.1) is 7.11 Å². The highest BCUT2D eigenvalue weighted by Gasteiger charge is 2.22. The summed E-state index contributed by atoms with van der Waals surface area (Å²) >= 11 is 0. The molecule has 0 aliphatic carbocycles. The van der Waals surface area contributed by atoms with E-state index in [1.165, 1.54) is 5.56 Å². The van der Waals surface area contributed by atoms with E-state index in [9.17, 15) is 4.79 Å². The van der Waals surface area contributed by atoms with Gasteiger partial charge in [-0.05, 0) is 18.9 Å². The zero-order valence-corrected chi connectivity index (χ0v) is 11.6. The molecule has 104 valence electrons. The average Bonchev–Trinajstić information content (AvgIpc) is 2.86. The Balaban J connectivity index is 1.97. The Hall–Kier alpha value is -1.55. The molecule has 0 radical (unpaired) electrons. The van der Waals surface area contributed by atoms with Gasteiger partial charge in [0.1, 0.15) is 5.75 Å². The van der Waals surface area contributed by atoms with Crippen molar-refractivity contribution in [1.82, 2.24) is 10.6 Å². The topological polar surface area (TPSA) is 50.4 Å². The van der Waals surface area contributed by atoms with Crippen molar-refractivity contribution < 1.29 is 9.53 Å². The number of hydrogen-bond donors (Lipinski definition) is 2. The van der Waals surface area contributed by atoms with Gasteiger partial charge in [0.2, 0.25) is 5.91 Å². The van der Waals surface area contributed by atoms with Crippen molar-refractivity contribution in [2.24, 2.45) is 0 Å². The van der Waals surface area contributed by atoms with Gasteiger partial charge in [0, 0.05) is 30.6 Å². The predicted octanol–water partition coefficient (Wildman–Crippen LogP) is 2.01. The molecule has 1 aromatic carbocycles. The lowest BCUT2D eigenvalue weighted by Gasteiger charge is -2.22. The molecule has 1 amide bonds. The quantitative estimate of drug-likeness (QED) is 0.824. The standard InChI is InChI=1S/C15H22N2O2/c1-3-13(12-6-4-5-7-14(12)19-2)16-10-11-8-9-15(18)17-11/h4-7,11,13,16H,3,8-10H2,1-2H3,(H,17,18). The summed E-state index contributed by atoms with van der Waals surface area (Å²) in [6, 6.07) is 8.60. The fraction of sp³-hybridized carbons (Fsp3) is 0.533. The van der Waals surface area contributed by atoms with Crippen molar-refractivity contribution in [3.8, 4) is 5.75 Å². The monoisotopic (exact) mass is 262 g/mol. The molecule has 2 N–H and O–H groups in total. The van der Waals surface area contributed by atoms with E-state index in [1.54, 1.807) is 7.11 Å². The number of para-hydroxylation sites is 1. The molecule has 2 rings (SSSR count). The van der Waals surface area contributed by atoms with Crippen LogP contribution in [0.1, 0.15) is 37.8 Å². The number of hydrogen-bond acceptors (Lipinski definition) is 3. The summed E-state index contributed by atoms with van der Waals surface area (Å²) in [5.74, 6) is 1.08. The summed E-state index contributed by atoms with van der Waals surface area (Å²) < 4.78 is 5.41.